The minimum Gasteiger partial charge on any atom is -0.493 e. The Balaban J connectivity index is 1.56. The van der Waals surface area contributed by atoms with E-state index < -0.39 is 11.8 Å². The van der Waals surface area contributed by atoms with Crippen LogP contribution < -0.4 is 25.1 Å². The van der Waals surface area contributed by atoms with Gasteiger partial charge in [0.1, 0.15) is 5.75 Å². The summed E-state index contributed by atoms with van der Waals surface area (Å²) in [6.07, 6.45) is 0. The van der Waals surface area contributed by atoms with E-state index in [9.17, 15) is 9.59 Å². The number of benzene rings is 3. The van der Waals surface area contributed by atoms with Crippen LogP contribution in [0.15, 0.2) is 60.7 Å². The zero-order valence-corrected chi connectivity index (χ0v) is 15.5. The SMILES string of the molecule is COc1ccc(C(=O)NNC(=O)COc2cccc3ccccc23)cc1OC. The second kappa shape index (κ2) is 8.77. The van der Waals surface area contributed by atoms with Crippen molar-refractivity contribution in [3.63, 3.8) is 0 Å². The Morgan fingerprint density at radius 2 is 1.57 bits per heavy atom. The van der Waals surface area contributed by atoms with Crippen molar-refractivity contribution in [3.8, 4) is 17.2 Å². The summed E-state index contributed by atoms with van der Waals surface area (Å²) >= 11 is 0. The van der Waals surface area contributed by atoms with Crippen LogP contribution in [-0.2, 0) is 4.79 Å². The Bertz CT molecular complexity index is 998. The molecule has 0 saturated heterocycles. The Kier molecular flexibility index (Phi) is 5.96. The van der Waals surface area contributed by atoms with Crippen molar-refractivity contribution in [3.05, 3.63) is 66.2 Å². The molecule has 144 valence electrons. The zero-order chi connectivity index (χ0) is 19.9. The van der Waals surface area contributed by atoms with Gasteiger partial charge in [-0.1, -0.05) is 36.4 Å². The number of ether oxygens (including phenoxy) is 3. The first-order valence-corrected chi connectivity index (χ1v) is 8.54. The van der Waals surface area contributed by atoms with Gasteiger partial charge in [0.2, 0.25) is 0 Å². The molecule has 0 aliphatic heterocycles. The molecule has 0 saturated carbocycles. The van der Waals surface area contributed by atoms with Crippen molar-refractivity contribution >= 4 is 22.6 Å². The topological polar surface area (TPSA) is 85.9 Å². The van der Waals surface area contributed by atoms with E-state index >= 15 is 0 Å². The van der Waals surface area contributed by atoms with Crippen LogP contribution in [0.25, 0.3) is 10.8 Å². The molecule has 0 atom stereocenters. The Morgan fingerprint density at radius 1 is 0.821 bits per heavy atom. The van der Waals surface area contributed by atoms with Gasteiger partial charge in [-0.15, -0.1) is 0 Å². The summed E-state index contributed by atoms with van der Waals surface area (Å²) in [5, 5.41) is 1.93. The molecule has 0 aliphatic rings. The number of amides is 2. The van der Waals surface area contributed by atoms with Gasteiger partial charge in [0.15, 0.2) is 18.1 Å². The highest BCUT2D eigenvalue weighted by Crippen LogP contribution is 2.27. The van der Waals surface area contributed by atoms with Crippen LogP contribution in [0.5, 0.6) is 17.2 Å². The van der Waals surface area contributed by atoms with Crippen LogP contribution in [0, 0.1) is 0 Å². The molecule has 0 unspecified atom stereocenters. The molecule has 2 N–H and O–H groups in total. The van der Waals surface area contributed by atoms with Gasteiger partial charge in [-0.3, -0.25) is 20.4 Å². The van der Waals surface area contributed by atoms with E-state index in [2.05, 4.69) is 10.9 Å². The molecule has 3 aromatic carbocycles. The Hall–Kier alpha value is -3.74. The van der Waals surface area contributed by atoms with E-state index in [4.69, 9.17) is 14.2 Å². The molecule has 2 amide bonds. The number of fused-ring (bicyclic) bond motifs is 1. The third-order valence-corrected chi connectivity index (χ3v) is 4.07. The van der Waals surface area contributed by atoms with Crippen molar-refractivity contribution in [1.29, 1.82) is 0 Å². The van der Waals surface area contributed by atoms with E-state index in [1.54, 1.807) is 18.2 Å². The molecule has 0 aromatic heterocycles. The summed E-state index contributed by atoms with van der Waals surface area (Å²) in [6, 6.07) is 18.0. The summed E-state index contributed by atoms with van der Waals surface area (Å²) in [7, 11) is 2.99. The van der Waals surface area contributed by atoms with Crippen molar-refractivity contribution in [2.45, 2.75) is 0 Å². The van der Waals surface area contributed by atoms with Crippen LogP contribution in [0.2, 0.25) is 0 Å². The molecule has 0 fully saturated rings. The molecule has 7 heteroatoms. The molecule has 0 radical (unpaired) electrons. The number of carbonyl (C=O) groups is 2. The molecule has 3 aromatic rings. The molecular weight excluding hydrogens is 360 g/mol. The van der Waals surface area contributed by atoms with Crippen LogP contribution in [-0.4, -0.2) is 32.6 Å². The maximum atomic E-state index is 12.2. The smallest absolute Gasteiger partial charge is 0.276 e. The maximum Gasteiger partial charge on any atom is 0.276 e. The second-order valence-corrected chi connectivity index (χ2v) is 5.84. The van der Waals surface area contributed by atoms with E-state index in [0.717, 1.165) is 10.8 Å². The van der Waals surface area contributed by atoms with Crippen molar-refractivity contribution < 1.29 is 23.8 Å². The Labute approximate surface area is 162 Å². The fourth-order valence-electron chi connectivity index (χ4n) is 2.68. The van der Waals surface area contributed by atoms with Gasteiger partial charge < -0.3 is 14.2 Å². The van der Waals surface area contributed by atoms with Crippen LogP contribution >= 0.6 is 0 Å². The number of nitrogens with one attached hydrogen (secondary N) is 2. The number of hydrogen-bond donors (Lipinski definition) is 2. The van der Waals surface area contributed by atoms with Crippen molar-refractivity contribution in [1.82, 2.24) is 10.9 Å². The lowest BCUT2D eigenvalue weighted by Crippen LogP contribution is -2.43. The highest BCUT2D eigenvalue weighted by molar-refractivity contribution is 5.96. The largest absolute Gasteiger partial charge is 0.493 e. The highest BCUT2D eigenvalue weighted by atomic mass is 16.5. The Morgan fingerprint density at radius 3 is 2.36 bits per heavy atom. The summed E-state index contributed by atoms with van der Waals surface area (Å²) in [6.45, 7) is -0.236. The van der Waals surface area contributed by atoms with Gasteiger partial charge in [0.25, 0.3) is 11.8 Å². The van der Waals surface area contributed by atoms with E-state index in [0.29, 0.717) is 22.8 Å². The van der Waals surface area contributed by atoms with Gasteiger partial charge in [0, 0.05) is 10.9 Å². The van der Waals surface area contributed by atoms with Crippen molar-refractivity contribution in [2.24, 2.45) is 0 Å². The lowest BCUT2D eigenvalue weighted by atomic mass is 10.1. The van der Waals surface area contributed by atoms with E-state index in [1.807, 2.05) is 36.4 Å². The molecule has 0 bridgehead atoms. The average Bonchev–Trinajstić information content (AvgIpc) is 2.75. The van der Waals surface area contributed by atoms with E-state index in [1.165, 1.54) is 20.3 Å². The van der Waals surface area contributed by atoms with Crippen molar-refractivity contribution in [2.75, 3.05) is 20.8 Å². The average molecular weight is 380 g/mol. The number of methoxy groups -OCH3 is 2. The van der Waals surface area contributed by atoms with Crippen LogP contribution in [0.4, 0.5) is 0 Å². The summed E-state index contributed by atoms with van der Waals surface area (Å²) < 4.78 is 15.9. The molecule has 0 spiro atoms. The normalized spacial score (nSPS) is 10.2. The summed E-state index contributed by atoms with van der Waals surface area (Å²) in [4.78, 5) is 24.2. The van der Waals surface area contributed by atoms with Gasteiger partial charge in [-0.2, -0.15) is 0 Å². The first kappa shape index (κ1) is 19.0. The minimum atomic E-state index is -0.487. The quantitative estimate of drug-likeness (QED) is 0.642. The fourth-order valence-corrected chi connectivity index (χ4v) is 2.68. The lowest BCUT2D eigenvalue weighted by molar-refractivity contribution is -0.123. The third-order valence-electron chi connectivity index (χ3n) is 4.07. The number of carbonyl (C=O) groups excluding carboxylic acids is 2. The molecule has 28 heavy (non-hydrogen) atoms. The third kappa shape index (κ3) is 4.32. The standard InChI is InChI=1S/C21H20N2O5/c1-26-18-11-10-15(12-19(18)27-2)21(25)23-22-20(24)13-28-17-9-5-7-14-6-3-4-8-16(14)17/h3-12H,13H2,1-2H3,(H,22,24)(H,23,25). The molecule has 3 rings (SSSR count). The van der Waals surface area contributed by atoms with Crippen LogP contribution in [0.1, 0.15) is 10.4 Å². The highest BCUT2D eigenvalue weighted by Gasteiger charge is 2.12. The first-order valence-electron chi connectivity index (χ1n) is 8.54. The fraction of sp³-hybridized carbons (Fsp3) is 0.143. The zero-order valence-electron chi connectivity index (χ0n) is 15.5. The maximum absolute atomic E-state index is 12.2. The lowest BCUT2D eigenvalue weighted by Gasteiger charge is -2.12. The first-order chi connectivity index (χ1) is 13.6. The predicted octanol–water partition coefficient (Wildman–Crippen LogP) is 2.70. The monoisotopic (exact) mass is 380 g/mol. The number of rotatable bonds is 6. The molecule has 7 nitrogen and oxygen atoms in total. The number of hydrogen-bond acceptors (Lipinski definition) is 5. The summed E-state index contributed by atoms with van der Waals surface area (Å²) in [5.41, 5.74) is 4.99. The predicted molar refractivity (Wildman–Crippen MR) is 105 cm³/mol. The summed E-state index contributed by atoms with van der Waals surface area (Å²) in [5.74, 6) is 0.549. The van der Waals surface area contributed by atoms with Gasteiger partial charge in [-0.25, -0.2) is 0 Å². The van der Waals surface area contributed by atoms with Gasteiger partial charge in [-0.05, 0) is 29.7 Å². The van der Waals surface area contributed by atoms with Gasteiger partial charge >= 0.3 is 0 Å². The second-order valence-electron chi connectivity index (χ2n) is 5.84. The molecule has 0 aliphatic carbocycles. The van der Waals surface area contributed by atoms with E-state index in [-0.39, 0.29) is 6.61 Å². The molecular formula is C21H20N2O5. The van der Waals surface area contributed by atoms with Gasteiger partial charge in [0.05, 0.1) is 14.2 Å². The van der Waals surface area contributed by atoms with Crippen LogP contribution in [0.3, 0.4) is 0 Å². The minimum absolute atomic E-state index is 0.236. The molecule has 0 heterocycles. The number of hydrazine groups is 1.